The zero-order chi connectivity index (χ0) is 82.9. The molecular formula is C89H171N7O16. The molecule has 658 valence electrons. The van der Waals surface area contributed by atoms with Gasteiger partial charge < -0.3 is 65.5 Å². The summed E-state index contributed by atoms with van der Waals surface area (Å²) in [6.45, 7) is 19.0. The Bertz CT molecular complexity index is 1950. The first-order valence-corrected chi connectivity index (χ1v) is 45.9. The molecule has 4 unspecified atom stereocenters. The van der Waals surface area contributed by atoms with Gasteiger partial charge in [0.2, 0.25) is 23.6 Å². The minimum absolute atomic E-state index is 0.123. The molecule has 0 heterocycles. The van der Waals surface area contributed by atoms with E-state index in [-0.39, 0.29) is 153 Å². The van der Waals surface area contributed by atoms with Crippen molar-refractivity contribution in [3.63, 3.8) is 0 Å². The highest BCUT2D eigenvalue weighted by atomic mass is 16.5. The average Bonchev–Trinajstić information content (AvgIpc) is 0.893. The van der Waals surface area contributed by atoms with Crippen LogP contribution in [0, 0.1) is 23.7 Å². The lowest BCUT2D eigenvalue weighted by atomic mass is 9.94. The zero-order valence-corrected chi connectivity index (χ0v) is 72.9. The number of unbranched alkanes of at least 4 members (excludes halogenated alkanes) is 28. The van der Waals surface area contributed by atoms with Crippen molar-refractivity contribution in [3.05, 3.63) is 0 Å². The van der Waals surface area contributed by atoms with E-state index in [0.29, 0.717) is 51.4 Å². The van der Waals surface area contributed by atoms with Crippen molar-refractivity contribution in [2.75, 3.05) is 112 Å². The summed E-state index contributed by atoms with van der Waals surface area (Å²) in [5.41, 5.74) is 0. The van der Waals surface area contributed by atoms with Gasteiger partial charge in [-0.05, 0) is 110 Å². The quantitative estimate of drug-likeness (QED) is 0.0159. The molecule has 0 aromatic heterocycles. The van der Waals surface area contributed by atoms with Gasteiger partial charge in [-0.25, -0.2) is 0 Å². The number of hydrogen-bond donors (Lipinski definition) is 8. The molecule has 23 heteroatoms. The Balaban J connectivity index is 6.36. The summed E-state index contributed by atoms with van der Waals surface area (Å²) in [5.74, 6) is -3.74. The molecule has 4 atom stereocenters. The van der Waals surface area contributed by atoms with Crippen molar-refractivity contribution in [2.24, 2.45) is 23.7 Å². The molecule has 0 rings (SSSR count). The van der Waals surface area contributed by atoms with Crippen molar-refractivity contribution >= 4 is 47.5 Å². The maximum absolute atomic E-state index is 13.5. The molecule has 4 amide bonds. The Morgan fingerprint density at radius 2 is 0.429 bits per heavy atom. The number of carbonyl (C=O) groups is 8. The minimum Gasteiger partial charge on any atom is -0.465 e. The predicted molar refractivity (Wildman–Crippen MR) is 451 cm³/mol. The maximum atomic E-state index is 13.5. The number of likely N-dealkylation sites (N-methyl/N-ethyl adjacent to an activating group) is 1. The smallest absolute Gasteiger partial charge is 0.308 e. The van der Waals surface area contributed by atoms with Crippen molar-refractivity contribution in [1.29, 1.82) is 0 Å². The third kappa shape index (κ3) is 60.9. The van der Waals surface area contributed by atoms with Gasteiger partial charge in [0.1, 0.15) is 24.4 Å². The van der Waals surface area contributed by atoms with Crippen molar-refractivity contribution in [1.82, 2.24) is 36.0 Å². The molecule has 0 saturated carbocycles. The van der Waals surface area contributed by atoms with Crippen LogP contribution >= 0.6 is 0 Å². The topological polar surface area (TPSA) is 312 Å². The summed E-state index contributed by atoms with van der Waals surface area (Å²) >= 11 is 0. The summed E-state index contributed by atoms with van der Waals surface area (Å²) in [5, 5.41) is 56.8. The molecule has 0 aromatic carbocycles. The number of aliphatic hydroxyl groups is 4. The third-order valence-corrected chi connectivity index (χ3v) is 21.6. The Hall–Kier alpha value is -4.52. The number of carbonyl (C=O) groups excluding carboxylic acids is 8. The van der Waals surface area contributed by atoms with Crippen LogP contribution < -0.4 is 21.3 Å². The SMILES string of the molecule is CCCCCCC(CCCCCC)C(=O)OCCCCNC(=O)C(O)CN(CCN(C)CCN(CC(O)C(=O)NCCCCOC(=O)C(CCCCCC)CCCCCC)CC(O)C(=O)NCCCCOC(=O)C(CCCCCC)CCCCCC)CC(O)C(=O)NCCCCOC(=O)C(CCCCCC)CCCCCC. The van der Waals surface area contributed by atoms with Crippen LogP contribution in [0.5, 0.6) is 0 Å². The highest BCUT2D eigenvalue weighted by Crippen LogP contribution is 2.25. The van der Waals surface area contributed by atoms with Crippen LogP contribution in [-0.4, -0.2) is 219 Å². The number of nitrogens with one attached hydrogen (secondary N) is 4. The highest BCUT2D eigenvalue weighted by Gasteiger charge is 2.29. The third-order valence-electron chi connectivity index (χ3n) is 21.6. The lowest BCUT2D eigenvalue weighted by Gasteiger charge is -2.31. The number of ether oxygens (including phenoxy) is 4. The fourth-order valence-electron chi connectivity index (χ4n) is 14.0. The average molecular weight is 1600 g/mol. The molecule has 0 bridgehead atoms. The van der Waals surface area contributed by atoms with Gasteiger partial charge in [-0.3, -0.25) is 48.2 Å². The number of hydrogen-bond acceptors (Lipinski definition) is 19. The molecule has 0 aliphatic carbocycles. The van der Waals surface area contributed by atoms with Crippen LogP contribution in [0.1, 0.15) is 364 Å². The summed E-state index contributed by atoms with van der Waals surface area (Å²) < 4.78 is 23.0. The molecule has 23 nitrogen and oxygen atoms in total. The maximum Gasteiger partial charge on any atom is 0.308 e. The van der Waals surface area contributed by atoms with Crippen LogP contribution in [0.25, 0.3) is 0 Å². The molecule has 0 aliphatic rings. The Morgan fingerprint density at radius 1 is 0.250 bits per heavy atom. The Kier molecular flexibility index (Phi) is 73.4. The molecule has 0 radical (unpaired) electrons. The second-order valence-corrected chi connectivity index (χ2v) is 32.1. The molecule has 0 fully saturated rings. The molecule has 112 heavy (non-hydrogen) atoms. The van der Waals surface area contributed by atoms with Crippen LogP contribution in [0.4, 0.5) is 0 Å². The molecule has 0 saturated heterocycles. The molecule has 0 aromatic rings. The fraction of sp³-hybridized carbons (Fsp3) is 0.910. The number of esters is 4. The van der Waals surface area contributed by atoms with Crippen molar-refractivity contribution < 1.29 is 77.7 Å². The second kappa shape index (κ2) is 76.5. The van der Waals surface area contributed by atoms with E-state index in [4.69, 9.17) is 18.9 Å². The van der Waals surface area contributed by atoms with Gasteiger partial charge in [0.15, 0.2) is 0 Å². The van der Waals surface area contributed by atoms with E-state index in [1.165, 1.54) is 0 Å². The number of rotatable bonds is 82. The summed E-state index contributed by atoms with van der Waals surface area (Å²) in [6, 6.07) is 0. The van der Waals surface area contributed by atoms with Gasteiger partial charge in [-0.1, -0.05) is 261 Å². The van der Waals surface area contributed by atoms with E-state index < -0.39 is 48.0 Å². The van der Waals surface area contributed by atoms with Gasteiger partial charge in [0.25, 0.3) is 0 Å². The highest BCUT2D eigenvalue weighted by molar-refractivity contribution is 5.82. The number of nitrogens with zero attached hydrogens (tertiary/aromatic N) is 3. The lowest BCUT2D eigenvalue weighted by Crippen LogP contribution is -2.51. The van der Waals surface area contributed by atoms with Gasteiger partial charge >= 0.3 is 23.9 Å². The number of aliphatic hydroxyl groups excluding tert-OH is 4. The van der Waals surface area contributed by atoms with Crippen LogP contribution in [-0.2, 0) is 57.3 Å². The van der Waals surface area contributed by atoms with E-state index >= 15 is 0 Å². The van der Waals surface area contributed by atoms with E-state index in [9.17, 15) is 58.8 Å². The minimum atomic E-state index is -1.56. The predicted octanol–water partition coefficient (Wildman–Crippen LogP) is 15.0. The first-order valence-electron chi connectivity index (χ1n) is 45.9. The summed E-state index contributed by atoms with van der Waals surface area (Å²) in [6.07, 6.45) is 39.1. The van der Waals surface area contributed by atoms with E-state index in [1.807, 2.05) is 11.9 Å². The first-order chi connectivity index (χ1) is 54.3. The number of amides is 4. The van der Waals surface area contributed by atoms with Crippen LogP contribution in [0.2, 0.25) is 0 Å². The molecule has 8 N–H and O–H groups in total. The van der Waals surface area contributed by atoms with E-state index in [2.05, 4.69) is 76.7 Å². The molecule has 0 spiro atoms. The summed E-state index contributed by atoms with van der Waals surface area (Å²) in [7, 11) is 1.81. The Labute approximate surface area is 681 Å². The van der Waals surface area contributed by atoms with Gasteiger partial charge in [0.05, 0.1) is 50.1 Å². The largest absolute Gasteiger partial charge is 0.465 e. The van der Waals surface area contributed by atoms with Crippen LogP contribution in [0.3, 0.4) is 0 Å². The fourth-order valence-corrected chi connectivity index (χ4v) is 14.0. The monoisotopic (exact) mass is 1590 g/mol. The van der Waals surface area contributed by atoms with E-state index in [0.717, 1.165) is 257 Å². The standard InChI is InChI=1S/C89H171N7O16/c1-10-18-26-34-50-74(51-35-27-19-11-2)86(105)109-66-46-42-58-90-82(101)78(97)70-95(71-79(98)83(102)91-59-43-47-67-110-87(106)75(52-36-28-20-12-3)53-37-29-21-13-4)64-62-94(9)63-65-96(72-80(99)84(103)92-60-44-48-68-111-88(107)76(54-38-30-22-14-5)55-39-31-23-15-6)73-81(100)85(104)93-61-45-49-69-112-89(108)77(56-40-32-24-16-7)57-41-33-25-17-8/h74-81,97-100H,10-73H2,1-9H3,(H,90,101)(H,91,102)(H,92,103)(H,93,104). The van der Waals surface area contributed by atoms with Crippen LogP contribution in [0.15, 0.2) is 0 Å². The van der Waals surface area contributed by atoms with Gasteiger partial charge in [-0.15, -0.1) is 0 Å². The lowest BCUT2D eigenvalue weighted by molar-refractivity contribution is -0.150. The van der Waals surface area contributed by atoms with Crippen molar-refractivity contribution in [3.8, 4) is 0 Å². The van der Waals surface area contributed by atoms with Crippen molar-refractivity contribution in [2.45, 2.75) is 388 Å². The molecular weight excluding hydrogens is 1420 g/mol. The zero-order valence-electron chi connectivity index (χ0n) is 72.9. The van der Waals surface area contributed by atoms with E-state index in [1.54, 1.807) is 9.80 Å². The van der Waals surface area contributed by atoms with Gasteiger partial charge in [0, 0.05) is 78.5 Å². The Morgan fingerprint density at radius 3 is 0.598 bits per heavy atom. The normalized spacial score (nSPS) is 12.8. The molecule has 0 aliphatic heterocycles. The first kappa shape index (κ1) is 107. The summed E-state index contributed by atoms with van der Waals surface area (Å²) in [4.78, 5) is 112. The van der Waals surface area contributed by atoms with Gasteiger partial charge in [-0.2, -0.15) is 0 Å². The second-order valence-electron chi connectivity index (χ2n) is 32.1.